The summed E-state index contributed by atoms with van der Waals surface area (Å²) in [5.74, 6) is -2.00. The maximum absolute atomic E-state index is 13.0. The van der Waals surface area contributed by atoms with E-state index in [1.165, 1.54) is 6.07 Å². The number of hydrogen-bond donors (Lipinski definition) is 5. The SMILES string of the molecule is Nc1ccc(NCCNCC=O)c2c1C(=O)c1c(O)ccc(O)c1C2=O. The molecule has 0 spiro atoms. The predicted octanol–water partition coefficient (Wildman–Crippen LogP) is 0.656. The molecule has 134 valence electrons. The Kier molecular flexibility index (Phi) is 4.59. The van der Waals surface area contributed by atoms with Crippen LogP contribution in [0.3, 0.4) is 0 Å². The van der Waals surface area contributed by atoms with Gasteiger partial charge >= 0.3 is 0 Å². The summed E-state index contributed by atoms with van der Waals surface area (Å²) in [6, 6.07) is 5.38. The van der Waals surface area contributed by atoms with Gasteiger partial charge in [-0.1, -0.05) is 0 Å². The summed E-state index contributed by atoms with van der Waals surface area (Å²) >= 11 is 0. The van der Waals surface area contributed by atoms with Crippen LogP contribution >= 0.6 is 0 Å². The molecule has 3 rings (SSSR count). The first kappa shape index (κ1) is 17.4. The highest BCUT2D eigenvalue weighted by atomic mass is 16.3. The van der Waals surface area contributed by atoms with Crippen LogP contribution in [0.2, 0.25) is 0 Å². The van der Waals surface area contributed by atoms with Crippen LogP contribution in [0.15, 0.2) is 24.3 Å². The summed E-state index contributed by atoms with van der Waals surface area (Å²) in [5, 5.41) is 25.9. The number of phenolic OH excluding ortho intramolecular Hbond substituents is 2. The molecule has 1 aliphatic rings. The number of aromatic hydroxyl groups is 2. The number of nitrogens with two attached hydrogens (primary N) is 1. The largest absolute Gasteiger partial charge is 0.507 e. The number of ketones is 2. The molecule has 0 aromatic heterocycles. The molecule has 0 saturated carbocycles. The molecule has 0 heterocycles. The molecule has 6 N–H and O–H groups in total. The lowest BCUT2D eigenvalue weighted by atomic mass is 9.81. The number of carbonyl (C=O) groups is 3. The van der Waals surface area contributed by atoms with E-state index in [0.29, 0.717) is 18.8 Å². The summed E-state index contributed by atoms with van der Waals surface area (Å²) in [6.45, 7) is 1.06. The van der Waals surface area contributed by atoms with Crippen molar-refractivity contribution in [1.82, 2.24) is 5.32 Å². The van der Waals surface area contributed by atoms with Crippen LogP contribution in [0.5, 0.6) is 11.5 Å². The van der Waals surface area contributed by atoms with Crippen LogP contribution in [0.4, 0.5) is 11.4 Å². The van der Waals surface area contributed by atoms with E-state index in [2.05, 4.69) is 10.6 Å². The number of rotatable bonds is 6. The number of benzene rings is 2. The van der Waals surface area contributed by atoms with Crippen LogP contribution in [0, 0.1) is 0 Å². The second kappa shape index (κ2) is 6.85. The first-order valence-electron chi connectivity index (χ1n) is 7.92. The molecule has 0 aliphatic heterocycles. The maximum Gasteiger partial charge on any atom is 0.200 e. The Labute approximate surface area is 148 Å². The molecule has 0 unspecified atom stereocenters. The predicted molar refractivity (Wildman–Crippen MR) is 94.9 cm³/mol. The van der Waals surface area contributed by atoms with E-state index in [-0.39, 0.29) is 40.2 Å². The van der Waals surface area contributed by atoms with E-state index in [1.807, 2.05) is 0 Å². The average molecular weight is 355 g/mol. The fraction of sp³-hybridized carbons (Fsp3) is 0.167. The first-order chi connectivity index (χ1) is 12.5. The van der Waals surface area contributed by atoms with E-state index in [9.17, 15) is 24.6 Å². The zero-order valence-corrected chi connectivity index (χ0v) is 13.7. The van der Waals surface area contributed by atoms with Crippen molar-refractivity contribution in [3.05, 3.63) is 46.5 Å². The number of anilines is 2. The Morgan fingerprint density at radius 3 is 2.12 bits per heavy atom. The van der Waals surface area contributed by atoms with Gasteiger partial charge in [0.15, 0.2) is 0 Å². The van der Waals surface area contributed by atoms with Crippen molar-refractivity contribution in [2.24, 2.45) is 0 Å². The third kappa shape index (κ3) is 2.76. The quantitative estimate of drug-likeness (QED) is 0.188. The molecule has 0 atom stereocenters. The number of hydrogen-bond acceptors (Lipinski definition) is 8. The maximum atomic E-state index is 13.0. The second-order valence-corrected chi connectivity index (χ2v) is 5.76. The average Bonchev–Trinajstić information content (AvgIpc) is 2.62. The summed E-state index contributed by atoms with van der Waals surface area (Å²) < 4.78 is 0. The second-order valence-electron chi connectivity index (χ2n) is 5.76. The van der Waals surface area contributed by atoms with Crippen LogP contribution in [-0.2, 0) is 4.79 Å². The van der Waals surface area contributed by atoms with Gasteiger partial charge in [0.05, 0.1) is 28.8 Å². The highest BCUT2D eigenvalue weighted by molar-refractivity contribution is 6.33. The minimum atomic E-state index is -0.622. The van der Waals surface area contributed by atoms with Gasteiger partial charge in [0, 0.05) is 24.5 Å². The number of aldehydes is 1. The Balaban J connectivity index is 2.05. The highest BCUT2D eigenvalue weighted by Gasteiger charge is 2.37. The zero-order chi connectivity index (χ0) is 18.8. The van der Waals surface area contributed by atoms with Crippen molar-refractivity contribution in [2.75, 3.05) is 30.7 Å². The lowest BCUT2D eigenvalue weighted by molar-refractivity contribution is -0.107. The van der Waals surface area contributed by atoms with E-state index >= 15 is 0 Å². The number of nitrogen functional groups attached to an aromatic ring is 1. The Hall–Kier alpha value is -3.39. The number of nitrogens with one attached hydrogen (secondary N) is 2. The monoisotopic (exact) mass is 355 g/mol. The van der Waals surface area contributed by atoms with Crippen LogP contribution in [0.1, 0.15) is 31.8 Å². The molecule has 0 radical (unpaired) electrons. The smallest absolute Gasteiger partial charge is 0.200 e. The van der Waals surface area contributed by atoms with Crippen LogP contribution in [0.25, 0.3) is 0 Å². The molecule has 2 aromatic carbocycles. The zero-order valence-electron chi connectivity index (χ0n) is 13.7. The minimum Gasteiger partial charge on any atom is -0.507 e. The first-order valence-corrected chi connectivity index (χ1v) is 7.92. The fourth-order valence-corrected chi connectivity index (χ4v) is 2.98. The van der Waals surface area contributed by atoms with Gasteiger partial charge in [-0.3, -0.25) is 9.59 Å². The van der Waals surface area contributed by atoms with Gasteiger partial charge in [-0.2, -0.15) is 0 Å². The van der Waals surface area contributed by atoms with E-state index in [1.54, 1.807) is 6.07 Å². The molecular formula is C18H17N3O5. The molecular weight excluding hydrogens is 338 g/mol. The van der Waals surface area contributed by atoms with Crippen molar-refractivity contribution in [2.45, 2.75) is 0 Å². The lowest BCUT2D eigenvalue weighted by Crippen LogP contribution is -2.27. The van der Waals surface area contributed by atoms with Crippen LogP contribution < -0.4 is 16.4 Å². The fourth-order valence-electron chi connectivity index (χ4n) is 2.98. The van der Waals surface area contributed by atoms with Gasteiger partial charge in [0.1, 0.15) is 17.8 Å². The summed E-state index contributed by atoms with van der Waals surface area (Å²) in [5.41, 5.74) is 5.95. The van der Waals surface area contributed by atoms with Crippen molar-refractivity contribution in [1.29, 1.82) is 0 Å². The molecule has 0 saturated heterocycles. The minimum absolute atomic E-state index is 0.00532. The van der Waals surface area contributed by atoms with Crippen molar-refractivity contribution in [3.8, 4) is 11.5 Å². The Morgan fingerprint density at radius 2 is 1.50 bits per heavy atom. The summed E-state index contributed by atoms with van der Waals surface area (Å²) in [6.07, 6.45) is 0.736. The van der Waals surface area contributed by atoms with Gasteiger partial charge in [-0.25, -0.2) is 0 Å². The van der Waals surface area contributed by atoms with Gasteiger partial charge in [-0.15, -0.1) is 0 Å². The van der Waals surface area contributed by atoms with Crippen LogP contribution in [-0.4, -0.2) is 47.7 Å². The molecule has 0 fully saturated rings. The van der Waals surface area contributed by atoms with E-state index < -0.39 is 17.3 Å². The number of phenols is 2. The molecule has 0 amide bonds. The number of carbonyl (C=O) groups excluding carboxylic acids is 3. The molecule has 0 bridgehead atoms. The van der Waals surface area contributed by atoms with Gasteiger partial charge < -0.3 is 31.4 Å². The standard InChI is InChI=1S/C18H17N3O5/c19-9-1-2-10(21-6-5-20-7-8-22)14-13(9)17(25)15-11(23)3-4-12(24)16(15)18(14)26/h1-4,8,20-21,23-24H,5-7,19H2. The molecule has 2 aromatic rings. The van der Waals surface area contributed by atoms with Crippen molar-refractivity contribution >= 4 is 29.2 Å². The Bertz CT molecular complexity index is 924. The highest BCUT2D eigenvalue weighted by Crippen LogP contribution is 2.41. The summed E-state index contributed by atoms with van der Waals surface area (Å²) in [7, 11) is 0. The molecule has 26 heavy (non-hydrogen) atoms. The topological polar surface area (TPSA) is 142 Å². The van der Waals surface area contributed by atoms with Gasteiger partial charge in [-0.05, 0) is 24.3 Å². The van der Waals surface area contributed by atoms with E-state index in [0.717, 1.165) is 18.4 Å². The van der Waals surface area contributed by atoms with Gasteiger partial charge in [0.2, 0.25) is 11.6 Å². The molecule has 8 nitrogen and oxygen atoms in total. The Morgan fingerprint density at radius 1 is 0.885 bits per heavy atom. The van der Waals surface area contributed by atoms with Crippen molar-refractivity contribution in [3.63, 3.8) is 0 Å². The van der Waals surface area contributed by atoms with Crippen molar-refractivity contribution < 1.29 is 24.6 Å². The normalized spacial score (nSPS) is 12.5. The van der Waals surface area contributed by atoms with Gasteiger partial charge in [0.25, 0.3) is 0 Å². The molecule has 8 heteroatoms. The lowest BCUT2D eigenvalue weighted by Gasteiger charge is -2.23. The third-order valence-corrected chi connectivity index (χ3v) is 4.15. The summed E-state index contributed by atoms with van der Waals surface area (Å²) in [4.78, 5) is 36.1. The van der Waals surface area contributed by atoms with E-state index in [4.69, 9.17) is 5.73 Å². The third-order valence-electron chi connectivity index (χ3n) is 4.15. The molecule has 1 aliphatic carbocycles. The number of fused-ring (bicyclic) bond motifs is 2.